The molecule has 0 atom stereocenters. The third-order valence-electron chi connectivity index (χ3n) is 1.49. The molecule has 0 radical (unpaired) electrons. The number of pyridine rings is 1. The summed E-state index contributed by atoms with van der Waals surface area (Å²) in [4.78, 5) is 3.36. The van der Waals surface area contributed by atoms with Crippen LogP contribution in [0.5, 0.6) is 0 Å². The minimum absolute atomic E-state index is 0.336. The third kappa shape index (κ3) is 2.76. The SMILES string of the molecule is Nc1cc(S(=O)(=O)Cl)nc(Br)c1C(F)F. The number of nitrogen functional groups attached to an aromatic ring is 1. The van der Waals surface area contributed by atoms with Gasteiger partial charge in [0.05, 0.1) is 5.56 Å². The zero-order valence-corrected chi connectivity index (χ0v) is 10.1. The molecule has 0 unspecified atom stereocenters. The Morgan fingerprint density at radius 2 is 2.07 bits per heavy atom. The minimum atomic E-state index is -4.08. The predicted octanol–water partition coefficient (Wildman–Crippen LogP) is 2.29. The highest BCUT2D eigenvalue weighted by Gasteiger charge is 2.21. The van der Waals surface area contributed by atoms with E-state index in [1.54, 1.807) is 0 Å². The summed E-state index contributed by atoms with van der Waals surface area (Å²) >= 11 is 2.70. The lowest BCUT2D eigenvalue weighted by atomic mass is 10.2. The number of rotatable bonds is 2. The highest BCUT2D eigenvalue weighted by Crippen LogP contribution is 2.32. The Bertz CT molecular complexity index is 471. The number of nitrogens with zero attached hydrogens (tertiary/aromatic N) is 1. The number of nitrogens with two attached hydrogens (primary N) is 1. The first-order valence-corrected chi connectivity index (χ1v) is 6.52. The molecule has 0 saturated heterocycles. The van der Waals surface area contributed by atoms with Crippen LogP contribution in [0.25, 0.3) is 0 Å². The Balaban J connectivity index is 3.45. The van der Waals surface area contributed by atoms with Crippen LogP contribution in [-0.4, -0.2) is 13.4 Å². The van der Waals surface area contributed by atoms with Gasteiger partial charge in [0, 0.05) is 22.4 Å². The molecular formula is C6H4BrClF2N2O2S. The highest BCUT2D eigenvalue weighted by molar-refractivity contribution is 9.10. The standard InChI is InChI=1S/C6H4BrClF2N2O2S/c7-5-4(6(9)10)2(11)1-3(12-5)15(8,13)14/h1,6H,(H2,11,12). The normalized spacial score (nSPS) is 12.1. The number of aromatic nitrogens is 1. The maximum absolute atomic E-state index is 12.4. The fourth-order valence-corrected chi connectivity index (χ4v) is 2.28. The van der Waals surface area contributed by atoms with Crippen molar-refractivity contribution in [1.82, 2.24) is 4.98 Å². The van der Waals surface area contributed by atoms with E-state index in [0.717, 1.165) is 6.07 Å². The summed E-state index contributed by atoms with van der Waals surface area (Å²) in [6.45, 7) is 0. The van der Waals surface area contributed by atoms with E-state index < -0.39 is 26.1 Å². The van der Waals surface area contributed by atoms with Crippen LogP contribution in [0.3, 0.4) is 0 Å². The quantitative estimate of drug-likeness (QED) is 0.670. The lowest BCUT2D eigenvalue weighted by molar-refractivity contribution is 0.150. The molecule has 0 fully saturated rings. The van der Waals surface area contributed by atoms with Gasteiger partial charge in [-0.3, -0.25) is 0 Å². The van der Waals surface area contributed by atoms with E-state index in [4.69, 9.17) is 16.4 Å². The topological polar surface area (TPSA) is 73.1 Å². The van der Waals surface area contributed by atoms with Crippen molar-refractivity contribution < 1.29 is 17.2 Å². The molecule has 9 heteroatoms. The van der Waals surface area contributed by atoms with Crippen molar-refractivity contribution in [3.63, 3.8) is 0 Å². The van der Waals surface area contributed by atoms with Gasteiger partial charge in [0.2, 0.25) is 0 Å². The van der Waals surface area contributed by atoms with Crippen molar-refractivity contribution in [1.29, 1.82) is 0 Å². The molecule has 2 N–H and O–H groups in total. The van der Waals surface area contributed by atoms with Gasteiger partial charge in [0.15, 0.2) is 5.03 Å². The van der Waals surface area contributed by atoms with Crippen LogP contribution in [0, 0.1) is 0 Å². The van der Waals surface area contributed by atoms with E-state index in [-0.39, 0.29) is 10.3 Å². The van der Waals surface area contributed by atoms with Crippen LogP contribution < -0.4 is 5.73 Å². The van der Waals surface area contributed by atoms with Crippen LogP contribution in [0.15, 0.2) is 15.7 Å². The molecule has 0 aliphatic rings. The Morgan fingerprint density at radius 1 is 1.53 bits per heavy atom. The van der Waals surface area contributed by atoms with E-state index in [1.807, 2.05) is 0 Å². The van der Waals surface area contributed by atoms with Gasteiger partial charge < -0.3 is 5.73 Å². The van der Waals surface area contributed by atoms with Gasteiger partial charge in [0.1, 0.15) is 4.60 Å². The Hall–Kier alpha value is -0.470. The van der Waals surface area contributed by atoms with Gasteiger partial charge >= 0.3 is 0 Å². The summed E-state index contributed by atoms with van der Waals surface area (Å²) in [5, 5.41) is -0.571. The fourth-order valence-electron chi connectivity index (χ4n) is 0.860. The second-order valence-electron chi connectivity index (χ2n) is 2.49. The summed E-state index contributed by atoms with van der Waals surface area (Å²) < 4.78 is 46.1. The van der Waals surface area contributed by atoms with E-state index >= 15 is 0 Å². The molecule has 15 heavy (non-hydrogen) atoms. The van der Waals surface area contributed by atoms with E-state index in [1.165, 1.54) is 0 Å². The molecule has 0 saturated carbocycles. The third-order valence-corrected chi connectivity index (χ3v) is 3.28. The van der Waals surface area contributed by atoms with Gasteiger partial charge in [-0.25, -0.2) is 22.2 Å². The smallest absolute Gasteiger partial charge is 0.278 e. The fraction of sp³-hybridized carbons (Fsp3) is 0.167. The van der Waals surface area contributed by atoms with Crippen molar-refractivity contribution in [3.8, 4) is 0 Å². The lowest BCUT2D eigenvalue weighted by Gasteiger charge is -2.07. The summed E-state index contributed by atoms with van der Waals surface area (Å²) in [6.07, 6.45) is -2.85. The van der Waals surface area contributed by atoms with Crippen molar-refractivity contribution in [2.45, 2.75) is 11.5 Å². The molecule has 1 heterocycles. The first-order chi connectivity index (χ1) is 6.73. The Morgan fingerprint density at radius 3 is 2.40 bits per heavy atom. The average molecular weight is 322 g/mol. The van der Waals surface area contributed by atoms with Crippen molar-refractivity contribution in [3.05, 3.63) is 16.2 Å². The number of alkyl halides is 2. The van der Waals surface area contributed by atoms with E-state index in [0.29, 0.717) is 0 Å². The minimum Gasteiger partial charge on any atom is -0.398 e. The summed E-state index contributed by atoms with van der Waals surface area (Å²) in [6, 6.07) is 0.786. The van der Waals surface area contributed by atoms with Gasteiger partial charge in [-0.15, -0.1) is 0 Å². The maximum atomic E-state index is 12.4. The molecule has 0 bridgehead atoms. The molecule has 0 aromatic carbocycles. The van der Waals surface area contributed by atoms with Gasteiger partial charge in [-0.1, -0.05) is 0 Å². The molecule has 0 spiro atoms. The monoisotopic (exact) mass is 320 g/mol. The Labute approximate surface area is 97.0 Å². The van der Waals surface area contributed by atoms with Crippen molar-refractivity contribution in [2.75, 3.05) is 5.73 Å². The maximum Gasteiger partial charge on any atom is 0.278 e. The van der Waals surface area contributed by atoms with Gasteiger partial charge in [-0.2, -0.15) is 0 Å². The first-order valence-electron chi connectivity index (χ1n) is 3.42. The molecule has 0 amide bonds. The number of anilines is 1. The molecule has 0 aliphatic heterocycles. The Kier molecular flexibility index (Phi) is 3.51. The predicted molar refractivity (Wildman–Crippen MR) is 54.3 cm³/mol. The second kappa shape index (κ2) is 4.18. The first kappa shape index (κ1) is 12.6. The molecule has 84 valence electrons. The van der Waals surface area contributed by atoms with Crippen LogP contribution in [0.2, 0.25) is 0 Å². The van der Waals surface area contributed by atoms with E-state index in [9.17, 15) is 17.2 Å². The summed E-state index contributed by atoms with van der Waals surface area (Å²) in [5.41, 5.74) is 4.31. The number of halogens is 4. The second-order valence-corrected chi connectivity index (χ2v) is 5.76. The molecule has 1 aromatic rings. The molecule has 1 aromatic heterocycles. The number of hydrogen-bond donors (Lipinski definition) is 1. The summed E-state index contributed by atoms with van der Waals surface area (Å²) in [5.74, 6) is 0. The zero-order chi connectivity index (χ0) is 11.8. The van der Waals surface area contributed by atoms with Crippen LogP contribution in [0.4, 0.5) is 14.5 Å². The largest absolute Gasteiger partial charge is 0.398 e. The molecule has 1 rings (SSSR count). The number of hydrogen-bond acceptors (Lipinski definition) is 4. The van der Waals surface area contributed by atoms with Crippen LogP contribution in [0.1, 0.15) is 12.0 Å². The average Bonchev–Trinajstić information content (AvgIpc) is 1.99. The summed E-state index contributed by atoms with van der Waals surface area (Å²) in [7, 11) is 0.896. The van der Waals surface area contributed by atoms with Gasteiger partial charge in [0.25, 0.3) is 15.5 Å². The lowest BCUT2D eigenvalue weighted by Crippen LogP contribution is -2.03. The van der Waals surface area contributed by atoms with Crippen molar-refractivity contribution >= 4 is 41.4 Å². The molecular weight excluding hydrogens is 317 g/mol. The molecule has 4 nitrogen and oxygen atoms in total. The van der Waals surface area contributed by atoms with Crippen LogP contribution >= 0.6 is 26.6 Å². The van der Waals surface area contributed by atoms with E-state index in [2.05, 4.69) is 20.9 Å². The zero-order valence-electron chi connectivity index (χ0n) is 6.92. The van der Waals surface area contributed by atoms with Crippen molar-refractivity contribution in [2.24, 2.45) is 0 Å². The van der Waals surface area contributed by atoms with Gasteiger partial charge in [-0.05, 0) is 15.9 Å². The molecule has 0 aliphatic carbocycles. The highest BCUT2D eigenvalue weighted by atomic mass is 79.9. The van der Waals surface area contributed by atoms with Crippen LogP contribution in [-0.2, 0) is 9.05 Å².